The molecule has 0 saturated heterocycles. The van der Waals surface area contributed by atoms with Crippen molar-refractivity contribution in [3.63, 3.8) is 0 Å². The molecule has 2 atom stereocenters. The van der Waals surface area contributed by atoms with Crippen LogP contribution in [0.3, 0.4) is 0 Å². The summed E-state index contributed by atoms with van der Waals surface area (Å²) in [5, 5.41) is 17.9. The lowest BCUT2D eigenvalue weighted by Crippen LogP contribution is -2.49. The molecular formula is C34H48N4O6S. The lowest BCUT2D eigenvalue weighted by molar-refractivity contribution is -0.123. The van der Waals surface area contributed by atoms with Crippen LogP contribution in [0.1, 0.15) is 59.4 Å². The van der Waals surface area contributed by atoms with Crippen LogP contribution in [0.5, 0.6) is 0 Å². The number of alkyl carbamates (subject to hydrolysis) is 1. The standard InChI is InChI=1S/C34H48N4O6S/c1-24(2)22-38(45(42,43)30-17-15-28(35)16-18-30)29(23-39)12-8-9-19-36-32(40)31(37-33(41)44-34(3,4)5)21-25-13-14-26-10-6-7-11-27(26)20-25/h6-7,10-11,13-18,20,24,29,31,39H,8-9,12,19,21-23,35H2,1-5H3,(H,36,40)(H,37,41). The fourth-order valence-electron chi connectivity index (χ4n) is 5.01. The van der Waals surface area contributed by atoms with E-state index in [9.17, 15) is 23.1 Å². The zero-order valence-corrected chi connectivity index (χ0v) is 27.8. The second kappa shape index (κ2) is 16.1. The van der Waals surface area contributed by atoms with Gasteiger partial charge in [0, 0.05) is 31.2 Å². The highest BCUT2D eigenvalue weighted by Crippen LogP contribution is 2.23. The molecule has 246 valence electrons. The molecule has 11 heteroatoms. The van der Waals surface area contributed by atoms with E-state index in [2.05, 4.69) is 10.6 Å². The summed E-state index contributed by atoms with van der Waals surface area (Å²) in [4.78, 5) is 26.0. The predicted octanol–water partition coefficient (Wildman–Crippen LogP) is 4.85. The highest BCUT2D eigenvalue weighted by molar-refractivity contribution is 7.89. The molecule has 45 heavy (non-hydrogen) atoms. The number of nitrogens with two attached hydrogens (primary N) is 1. The van der Waals surface area contributed by atoms with Crippen LogP contribution in [0.2, 0.25) is 0 Å². The summed E-state index contributed by atoms with van der Waals surface area (Å²) in [5.74, 6) is -0.306. The first-order chi connectivity index (χ1) is 21.2. The van der Waals surface area contributed by atoms with Crippen LogP contribution in [-0.4, -0.2) is 67.2 Å². The molecule has 2 unspecified atom stereocenters. The third-order valence-electron chi connectivity index (χ3n) is 7.17. The van der Waals surface area contributed by atoms with Crippen LogP contribution in [0, 0.1) is 5.92 Å². The molecule has 0 aliphatic rings. The summed E-state index contributed by atoms with van der Waals surface area (Å²) in [5.41, 5.74) is 6.38. The van der Waals surface area contributed by atoms with Crippen LogP contribution in [-0.2, 0) is 26.0 Å². The third kappa shape index (κ3) is 11.0. The highest BCUT2D eigenvalue weighted by atomic mass is 32.2. The lowest BCUT2D eigenvalue weighted by atomic mass is 10.0. The Morgan fingerprint density at radius 3 is 2.27 bits per heavy atom. The van der Waals surface area contributed by atoms with Gasteiger partial charge in [-0.3, -0.25) is 4.79 Å². The number of sulfonamides is 1. The van der Waals surface area contributed by atoms with Crippen molar-refractivity contribution in [2.45, 2.75) is 82.9 Å². The van der Waals surface area contributed by atoms with Crippen molar-refractivity contribution in [2.24, 2.45) is 5.92 Å². The maximum absolute atomic E-state index is 13.5. The van der Waals surface area contributed by atoms with Gasteiger partial charge in [-0.05, 0) is 80.1 Å². The predicted molar refractivity (Wildman–Crippen MR) is 178 cm³/mol. The van der Waals surface area contributed by atoms with Crippen molar-refractivity contribution in [3.05, 3.63) is 72.3 Å². The van der Waals surface area contributed by atoms with E-state index < -0.39 is 33.8 Å². The van der Waals surface area contributed by atoms with E-state index in [0.29, 0.717) is 31.5 Å². The average Bonchev–Trinajstić information content (AvgIpc) is 2.96. The average molecular weight is 641 g/mol. The number of aliphatic hydroxyl groups excluding tert-OH is 1. The molecule has 0 aromatic heterocycles. The van der Waals surface area contributed by atoms with Gasteiger partial charge in [-0.1, -0.05) is 62.7 Å². The van der Waals surface area contributed by atoms with Gasteiger partial charge in [0.2, 0.25) is 15.9 Å². The molecule has 3 aromatic carbocycles. The number of carbonyl (C=O) groups excluding carboxylic acids is 2. The first kappa shape index (κ1) is 35.8. The van der Waals surface area contributed by atoms with Gasteiger partial charge in [0.05, 0.1) is 11.5 Å². The number of rotatable bonds is 15. The first-order valence-electron chi connectivity index (χ1n) is 15.4. The number of nitrogens with zero attached hydrogens (tertiary/aromatic N) is 1. The number of amides is 2. The van der Waals surface area contributed by atoms with E-state index in [1.54, 1.807) is 32.9 Å². The van der Waals surface area contributed by atoms with E-state index in [4.69, 9.17) is 10.5 Å². The normalized spacial score (nSPS) is 13.5. The summed E-state index contributed by atoms with van der Waals surface area (Å²) in [6.45, 7) is 9.36. The molecule has 0 spiro atoms. The van der Waals surface area contributed by atoms with E-state index in [-0.39, 0.29) is 36.3 Å². The molecule has 0 heterocycles. The maximum Gasteiger partial charge on any atom is 0.408 e. The molecule has 5 N–H and O–H groups in total. The fraction of sp³-hybridized carbons (Fsp3) is 0.471. The lowest BCUT2D eigenvalue weighted by Gasteiger charge is -2.31. The molecule has 0 saturated carbocycles. The third-order valence-corrected chi connectivity index (χ3v) is 9.11. The number of benzene rings is 3. The Bertz CT molecular complexity index is 1520. The Hall–Kier alpha value is -3.67. The van der Waals surface area contributed by atoms with Gasteiger partial charge in [0.25, 0.3) is 0 Å². The highest BCUT2D eigenvalue weighted by Gasteiger charge is 2.31. The van der Waals surface area contributed by atoms with Gasteiger partial charge < -0.3 is 26.2 Å². The summed E-state index contributed by atoms with van der Waals surface area (Å²) >= 11 is 0. The van der Waals surface area contributed by atoms with E-state index in [0.717, 1.165) is 16.3 Å². The molecular weight excluding hydrogens is 592 g/mol. The van der Waals surface area contributed by atoms with Crippen LogP contribution in [0.4, 0.5) is 10.5 Å². The minimum atomic E-state index is -3.86. The SMILES string of the molecule is CC(C)CN(C(CO)CCCCNC(=O)C(Cc1ccc2ccccc2c1)NC(=O)OC(C)(C)C)S(=O)(=O)c1ccc(N)cc1. The van der Waals surface area contributed by atoms with Crippen LogP contribution < -0.4 is 16.4 Å². The number of hydrogen-bond donors (Lipinski definition) is 4. The zero-order chi connectivity index (χ0) is 33.2. The minimum absolute atomic E-state index is 0.0407. The molecule has 0 aliphatic heterocycles. The van der Waals surface area contributed by atoms with Crippen molar-refractivity contribution in [1.29, 1.82) is 0 Å². The van der Waals surface area contributed by atoms with Crippen molar-refractivity contribution in [2.75, 3.05) is 25.4 Å². The summed E-state index contributed by atoms with van der Waals surface area (Å²) in [6.07, 6.45) is 1.11. The van der Waals surface area contributed by atoms with Gasteiger partial charge in [-0.25, -0.2) is 13.2 Å². The molecule has 0 bridgehead atoms. The molecule has 0 fully saturated rings. The van der Waals surface area contributed by atoms with E-state index >= 15 is 0 Å². The quantitative estimate of drug-likeness (QED) is 0.137. The monoisotopic (exact) mass is 640 g/mol. The zero-order valence-electron chi connectivity index (χ0n) is 27.0. The second-order valence-electron chi connectivity index (χ2n) is 12.7. The van der Waals surface area contributed by atoms with Crippen LogP contribution in [0.25, 0.3) is 10.8 Å². The summed E-state index contributed by atoms with van der Waals surface area (Å²) < 4.78 is 33.8. The smallest absolute Gasteiger partial charge is 0.408 e. The molecule has 10 nitrogen and oxygen atoms in total. The summed E-state index contributed by atoms with van der Waals surface area (Å²) in [7, 11) is -3.86. The van der Waals surface area contributed by atoms with Crippen LogP contribution in [0.15, 0.2) is 71.6 Å². The molecule has 0 aliphatic carbocycles. The fourth-order valence-corrected chi connectivity index (χ4v) is 6.81. The number of nitrogen functional groups attached to an aromatic ring is 1. The number of anilines is 1. The van der Waals surface area contributed by atoms with Crippen molar-refractivity contribution < 1.29 is 27.9 Å². The number of fused-ring (bicyclic) bond motifs is 1. The summed E-state index contributed by atoms with van der Waals surface area (Å²) in [6, 6.07) is 18.4. The maximum atomic E-state index is 13.5. The minimum Gasteiger partial charge on any atom is -0.444 e. The Morgan fingerprint density at radius 2 is 1.64 bits per heavy atom. The Kier molecular flexibility index (Phi) is 12.8. The number of aliphatic hydroxyl groups is 1. The first-order valence-corrected chi connectivity index (χ1v) is 16.9. The van der Waals surface area contributed by atoms with Crippen molar-refractivity contribution in [3.8, 4) is 0 Å². The number of nitrogens with one attached hydrogen (secondary N) is 2. The number of carbonyl (C=O) groups is 2. The van der Waals surface area contributed by atoms with Gasteiger partial charge in [-0.2, -0.15) is 4.31 Å². The molecule has 3 aromatic rings. The Morgan fingerprint density at radius 1 is 0.978 bits per heavy atom. The second-order valence-corrected chi connectivity index (χ2v) is 14.6. The Labute approximate surface area is 267 Å². The Balaban J connectivity index is 1.63. The van der Waals surface area contributed by atoms with Gasteiger partial charge >= 0.3 is 6.09 Å². The molecule has 2 amide bonds. The van der Waals surface area contributed by atoms with Crippen LogP contribution >= 0.6 is 0 Å². The van der Waals surface area contributed by atoms with Crippen molar-refractivity contribution >= 4 is 38.5 Å². The number of unbranched alkanes of at least 4 members (excludes halogenated alkanes) is 1. The van der Waals surface area contributed by atoms with Crippen molar-refractivity contribution in [1.82, 2.24) is 14.9 Å². The topological polar surface area (TPSA) is 151 Å². The largest absolute Gasteiger partial charge is 0.444 e. The number of ether oxygens (including phenoxy) is 1. The molecule has 0 radical (unpaired) electrons. The van der Waals surface area contributed by atoms with Gasteiger partial charge in [0.1, 0.15) is 11.6 Å². The van der Waals surface area contributed by atoms with Gasteiger partial charge in [-0.15, -0.1) is 0 Å². The molecule has 3 rings (SSSR count). The van der Waals surface area contributed by atoms with E-state index in [1.165, 1.54) is 16.4 Å². The van der Waals surface area contributed by atoms with E-state index in [1.807, 2.05) is 56.3 Å². The number of hydrogen-bond acceptors (Lipinski definition) is 7. The van der Waals surface area contributed by atoms with Gasteiger partial charge in [0.15, 0.2) is 0 Å².